The number of hydrogen-bond acceptors (Lipinski definition) is 2. The highest BCUT2D eigenvalue weighted by Gasteiger charge is 2.08. The van der Waals surface area contributed by atoms with Gasteiger partial charge in [-0.05, 0) is 49.6 Å². The Morgan fingerprint density at radius 2 is 1.70 bits per heavy atom. The maximum Gasteiger partial charge on any atom is 0.0429 e. The van der Waals surface area contributed by atoms with Crippen molar-refractivity contribution >= 4 is 5.69 Å². The molecule has 0 aromatic heterocycles. The van der Waals surface area contributed by atoms with Crippen molar-refractivity contribution in [2.24, 2.45) is 5.73 Å². The summed E-state index contributed by atoms with van der Waals surface area (Å²) >= 11 is 0. The van der Waals surface area contributed by atoms with Crippen molar-refractivity contribution in [2.75, 3.05) is 18.5 Å². The minimum absolute atomic E-state index is 0.699. The minimum atomic E-state index is 0.699. The van der Waals surface area contributed by atoms with E-state index < -0.39 is 0 Å². The molecule has 106 valence electrons. The van der Waals surface area contributed by atoms with Crippen LogP contribution in [0.25, 0.3) is 0 Å². The van der Waals surface area contributed by atoms with E-state index in [1.165, 1.54) is 27.9 Å². The summed E-state index contributed by atoms with van der Waals surface area (Å²) in [4.78, 5) is 2.31. The van der Waals surface area contributed by atoms with Crippen LogP contribution in [0.1, 0.15) is 22.3 Å². The van der Waals surface area contributed by atoms with Crippen molar-refractivity contribution in [2.45, 2.75) is 26.8 Å². The molecule has 0 fully saturated rings. The molecule has 0 heterocycles. The molecule has 2 nitrogen and oxygen atoms in total. The van der Waals surface area contributed by atoms with Gasteiger partial charge in [-0.25, -0.2) is 0 Å². The molecule has 0 amide bonds. The molecule has 2 N–H and O–H groups in total. The number of rotatable bonds is 5. The lowest BCUT2D eigenvalue weighted by Crippen LogP contribution is -2.19. The Morgan fingerprint density at radius 1 is 1.00 bits per heavy atom. The molecule has 0 unspecified atom stereocenters. The van der Waals surface area contributed by atoms with Gasteiger partial charge in [-0.1, -0.05) is 42.0 Å². The van der Waals surface area contributed by atoms with E-state index in [0.29, 0.717) is 6.54 Å². The first-order valence-corrected chi connectivity index (χ1v) is 7.17. The summed E-state index contributed by atoms with van der Waals surface area (Å²) in [6, 6.07) is 15.2. The zero-order chi connectivity index (χ0) is 14.5. The highest BCUT2D eigenvalue weighted by Crippen LogP contribution is 2.22. The number of nitrogens with zero attached hydrogens (tertiary/aromatic N) is 1. The van der Waals surface area contributed by atoms with Crippen LogP contribution in [0.5, 0.6) is 0 Å². The van der Waals surface area contributed by atoms with Gasteiger partial charge in [-0.3, -0.25) is 0 Å². The number of aryl methyl sites for hydroxylation is 2. The lowest BCUT2D eigenvalue weighted by Gasteiger charge is -2.23. The second-order valence-electron chi connectivity index (χ2n) is 5.45. The van der Waals surface area contributed by atoms with Gasteiger partial charge in [0.25, 0.3) is 0 Å². The fraction of sp³-hybridized carbons (Fsp3) is 0.333. The van der Waals surface area contributed by atoms with Crippen LogP contribution in [0.15, 0.2) is 42.5 Å². The third kappa shape index (κ3) is 3.40. The highest BCUT2D eigenvalue weighted by molar-refractivity contribution is 5.54. The van der Waals surface area contributed by atoms with E-state index >= 15 is 0 Å². The second kappa shape index (κ2) is 6.58. The molecule has 2 aromatic carbocycles. The summed E-state index contributed by atoms with van der Waals surface area (Å²) in [7, 11) is 2.15. The third-order valence-corrected chi connectivity index (χ3v) is 3.70. The topological polar surface area (TPSA) is 29.3 Å². The van der Waals surface area contributed by atoms with Gasteiger partial charge < -0.3 is 10.6 Å². The first-order valence-electron chi connectivity index (χ1n) is 7.17. The zero-order valence-corrected chi connectivity index (χ0v) is 12.7. The van der Waals surface area contributed by atoms with E-state index in [1.54, 1.807) is 0 Å². The van der Waals surface area contributed by atoms with Crippen molar-refractivity contribution < 1.29 is 0 Å². The quantitative estimate of drug-likeness (QED) is 0.900. The molecule has 0 atom stereocenters. The van der Waals surface area contributed by atoms with Crippen LogP contribution < -0.4 is 10.6 Å². The summed E-state index contributed by atoms with van der Waals surface area (Å²) in [6.07, 6.45) is 0.941. The molecule has 0 saturated heterocycles. The Labute approximate surface area is 122 Å². The summed E-state index contributed by atoms with van der Waals surface area (Å²) in [5, 5.41) is 0. The van der Waals surface area contributed by atoms with Crippen molar-refractivity contribution in [1.29, 1.82) is 0 Å². The number of nitrogens with two attached hydrogens (primary N) is 1. The van der Waals surface area contributed by atoms with Crippen molar-refractivity contribution in [3.8, 4) is 0 Å². The Morgan fingerprint density at radius 3 is 2.35 bits per heavy atom. The van der Waals surface area contributed by atoms with E-state index in [9.17, 15) is 0 Å². The predicted molar refractivity (Wildman–Crippen MR) is 87.2 cm³/mol. The van der Waals surface area contributed by atoms with Crippen LogP contribution >= 0.6 is 0 Å². The summed E-state index contributed by atoms with van der Waals surface area (Å²) < 4.78 is 0. The van der Waals surface area contributed by atoms with Crippen molar-refractivity contribution in [3.05, 3.63) is 64.7 Å². The van der Waals surface area contributed by atoms with E-state index in [4.69, 9.17) is 5.73 Å². The van der Waals surface area contributed by atoms with Crippen LogP contribution in [-0.2, 0) is 13.0 Å². The van der Waals surface area contributed by atoms with Gasteiger partial charge in [0.05, 0.1) is 0 Å². The molecule has 0 aliphatic rings. The van der Waals surface area contributed by atoms with Crippen LogP contribution in [0.2, 0.25) is 0 Å². The maximum absolute atomic E-state index is 5.70. The van der Waals surface area contributed by atoms with Gasteiger partial charge >= 0.3 is 0 Å². The fourth-order valence-electron chi connectivity index (χ4n) is 2.69. The molecule has 0 aliphatic carbocycles. The maximum atomic E-state index is 5.70. The average molecular weight is 268 g/mol. The largest absolute Gasteiger partial charge is 0.370 e. The van der Waals surface area contributed by atoms with Crippen LogP contribution in [0, 0.1) is 13.8 Å². The summed E-state index contributed by atoms with van der Waals surface area (Å²) in [5.74, 6) is 0. The molecular formula is C18H24N2. The Balaban J connectivity index is 2.21. The van der Waals surface area contributed by atoms with Crippen LogP contribution in [0.3, 0.4) is 0 Å². The van der Waals surface area contributed by atoms with Crippen LogP contribution in [-0.4, -0.2) is 13.6 Å². The average Bonchev–Trinajstić information content (AvgIpc) is 2.41. The van der Waals surface area contributed by atoms with Gasteiger partial charge in [-0.15, -0.1) is 0 Å². The lowest BCUT2D eigenvalue weighted by molar-refractivity contribution is 0.877. The monoisotopic (exact) mass is 268 g/mol. The molecule has 0 saturated carbocycles. The first-order chi connectivity index (χ1) is 9.61. The number of hydrogen-bond donors (Lipinski definition) is 1. The van der Waals surface area contributed by atoms with E-state index in [1.807, 2.05) is 0 Å². The van der Waals surface area contributed by atoms with Gasteiger partial charge in [0.2, 0.25) is 0 Å². The van der Waals surface area contributed by atoms with Gasteiger partial charge in [0.15, 0.2) is 0 Å². The first kappa shape index (κ1) is 14.6. The zero-order valence-electron chi connectivity index (χ0n) is 12.7. The molecular weight excluding hydrogens is 244 g/mol. The molecule has 2 aromatic rings. The molecule has 20 heavy (non-hydrogen) atoms. The normalized spacial score (nSPS) is 10.6. The third-order valence-electron chi connectivity index (χ3n) is 3.70. The van der Waals surface area contributed by atoms with E-state index in [2.05, 4.69) is 68.3 Å². The molecule has 0 spiro atoms. The second-order valence-corrected chi connectivity index (χ2v) is 5.45. The number of anilines is 1. The molecule has 0 aliphatic heterocycles. The van der Waals surface area contributed by atoms with E-state index in [-0.39, 0.29) is 0 Å². The predicted octanol–water partition coefficient (Wildman–Crippen LogP) is 3.44. The molecule has 0 radical (unpaired) electrons. The number of benzene rings is 2. The highest BCUT2D eigenvalue weighted by atomic mass is 15.1. The molecule has 0 bridgehead atoms. The van der Waals surface area contributed by atoms with Crippen LogP contribution in [0.4, 0.5) is 5.69 Å². The van der Waals surface area contributed by atoms with Gasteiger partial charge in [0.1, 0.15) is 0 Å². The molecule has 2 rings (SSSR count). The van der Waals surface area contributed by atoms with Crippen molar-refractivity contribution in [3.63, 3.8) is 0 Å². The standard InChI is InChI=1S/C18H24N2/c1-14-8-9-18(15(2)12-14)20(3)13-17-7-5-4-6-16(17)10-11-19/h4-9,12H,10-11,13,19H2,1-3H3. The smallest absolute Gasteiger partial charge is 0.0429 e. The van der Waals surface area contributed by atoms with Crippen molar-refractivity contribution in [1.82, 2.24) is 0 Å². The van der Waals surface area contributed by atoms with Gasteiger partial charge in [-0.2, -0.15) is 0 Å². The van der Waals surface area contributed by atoms with E-state index in [0.717, 1.165) is 13.0 Å². The lowest BCUT2D eigenvalue weighted by atomic mass is 10.0. The summed E-state index contributed by atoms with van der Waals surface area (Å²) in [6.45, 7) is 5.92. The molecule has 2 heteroatoms. The SMILES string of the molecule is Cc1ccc(N(C)Cc2ccccc2CCN)c(C)c1. The summed E-state index contributed by atoms with van der Waals surface area (Å²) in [5.41, 5.74) is 12.3. The minimum Gasteiger partial charge on any atom is -0.370 e. The Kier molecular flexibility index (Phi) is 4.80. The Bertz CT molecular complexity index is 575. The van der Waals surface area contributed by atoms with Gasteiger partial charge in [0, 0.05) is 19.3 Å². The fourth-order valence-corrected chi connectivity index (χ4v) is 2.69. The Hall–Kier alpha value is -1.80.